The normalized spacial score (nSPS) is 19.0. The van der Waals surface area contributed by atoms with Crippen LogP contribution in [0, 0.1) is 12.3 Å². The molecule has 1 fully saturated rings. The van der Waals surface area contributed by atoms with E-state index in [0.29, 0.717) is 5.41 Å². The summed E-state index contributed by atoms with van der Waals surface area (Å²) in [5.41, 5.74) is 6.42. The van der Waals surface area contributed by atoms with Gasteiger partial charge in [-0.05, 0) is 44.7 Å². The fourth-order valence-electron chi connectivity index (χ4n) is 2.91. The highest BCUT2D eigenvalue weighted by Gasteiger charge is 2.29. The average Bonchev–Trinajstić information content (AvgIpc) is 2.82. The van der Waals surface area contributed by atoms with Crippen LogP contribution in [0.4, 0.5) is 0 Å². The van der Waals surface area contributed by atoms with Crippen molar-refractivity contribution in [3.63, 3.8) is 0 Å². The van der Waals surface area contributed by atoms with Gasteiger partial charge in [-0.15, -0.1) is 11.3 Å². The number of hydrogen-bond acceptors (Lipinski definition) is 4. The fourth-order valence-corrected chi connectivity index (χ4v) is 3.67. The monoisotopic (exact) mass is 267 g/mol. The first-order chi connectivity index (χ1) is 8.74. The molecule has 1 saturated carbocycles. The summed E-state index contributed by atoms with van der Waals surface area (Å²) in [5.74, 6) is 0. The summed E-state index contributed by atoms with van der Waals surface area (Å²) in [6.45, 7) is 4.94. The third-order valence-corrected chi connectivity index (χ3v) is 5.06. The maximum absolute atomic E-state index is 6.00. The predicted molar refractivity (Wildman–Crippen MR) is 77.7 cm³/mol. The lowest BCUT2D eigenvalue weighted by Crippen LogP contribution is -2.35. The van der Waals surface area contributed by atoms with Gasteiger partial charge in [0.2, 0.25) is 0 Å². The van der Waals surface area contributed by atoms with Crippen LogP contribution in [0.1, 0.15) is 48.4 Å². The zero-order valence-electron chi connectivity index (χ0n) is 11.4. The van der Waals surface area contributed by atoms with E-state index in [1.165, 1.54) is 43.4 Å². The molecule has 0 amide bonds. The van der Waals surface area contributed by atoms with Crippen molar-refractivity contribution < 1.29 is 0 Å². The first-order valence-corrected chi connectivity index (χ1v) is 7.88. The second-order valence-electron chi connectivity index (χ2n) is 5.54. The van der Waals surface area contributed by atoms with E-state index < -0.39 is 0 Å². The minimum absolute atomic E-state index is 0.425. The zero-order valence-corrected chi connectivity index (χ0v) is 12.2. The van der Waals surface area contributed by atoms with Crippen LogP contribution in [0.25, 0.3) is 0 Å². The molecule has 3 nitrogen and oxygen atoms in total. The molecular weight excluding hydrogens is 242 g/mol. The molecule has 0 atom stereocenters. The molecule has 2 rings (SSSR count). The quantitative estimate of drug-likeness (QED) is 0.779. The molecule has 3 N–H and O–H groups in total. The van der Waals surface area contributed by atoms with Crippen molar-refractivity contribution in [3.05, 3.63) is 16.1 Å². The van der Waals surface area contributed by atoms with Crippen molar-refractivity contribution in [2.45, 2.75) is 52.0 Å². The number of aryl methyl sites for hydroxylation is 1. The minimum atomic E-state index is 0.425. The zero-order chi connectivity index (χ0) is 12.8. The second kappa shape index (κ2) is 6.64. The molecule has 1 heterocycles. The van der Waals surface area contributed by atoms with E-state index in [9.17, 15) is 0 Å². The van der Waals surface area contributed by atoms with Crippen LogP contribution in [0.15, 0.2) is 6.20 Å². The van der Waals surface area contributed by atoms with Crippen LogP contribution in [0.3, 0.4) is 0 Å². The van der Waals surface area contributed by atoms with Crippen LogP contribution >= 0.6 is 11.3 Å². The van der Waals surface area contributed by atoms with Crippen LogP contribution in [0.2, 0.25) is 0 Å². The molecule has 18 heavy (non-hydrogen) atoms. The molecule has 0 unspecified atom stereocenters. The summed E-state index contributed by atoms with van der Waals surface area (Å²) in [6.07, 6.45) is 9.98. The van der Waals surface area contributed by atoms with Crippen LogP contribution in [-0.2, 0) is 6.54 Å². The second-order valence-corrected chi connectivity index (χ2v) is 6.86. The van der Waals surface area contributed by atoms with Crippen molar-refractivity contribution in [1.82, 2.24) is 10.3 Å². The van der Waals surface area contributed by atoms with Gasteiger partial charge >= 0.3 is 0 Å². The third-order valence-electron chi connectivity index (χ3n) is 4.15. The SMILES string of the molecule is Cc1ncc(CNCCC2(CN)CCCCC2)s1. The maximum Gasteiger partial charge on any atom is 0.0897 e. The smallest absolute Gasteiger partial charge is 0.0897 e. The van der Waals surface area contributed by atoms with E-state index in [1.54, 1.807) is 11.3 Å². The van der Waals surface area contributed by atoms with Gasteiger partial charge in [0, 0.05) is 17.6 Å². The number of nitrogens with two attached hydrogens (primary N) is 1. The first-order valence-electron chi connectivity index (χ1n) is 7.06. The van der Waals surface area contributed by atoms with Gasteiger partial charge in [-0.1, -0.05) is 19.3 Å². The molecule has 0 radical (unpaired) electrons. The van der Waals surface area contributed by atoms with Gasteiger partial charge in [0.1, 0.15) is 0 Å². The predicted octanol–water partition coefficient (Wildman–Crippen LogP) is 2.84. The highest BCUT2D eigenvalue weighted by molar-refractivity contribution is 7.11. The number of hydrogen-bond donors (Lipinski definition) is 2. The first kappa shape index (κ1) is 14.0. The molecule has 0 aromatic carbocycles. The summed E-state index contributed by atoms with van der Waals surface area (Å²) in [7, 11) is 0. The Morgan fingerprint density at radius 1 is 1.39 bits per heavy atom. The van der Waals surface area contributed by atoms with Crippen molar-refractivity contribution in [2.24, 2.45) is 11.1 Å². The number of thiazole rings is 1. The third kappa shape index (κ3) is 3.77. The number of nitrogens with zero attached hydrogens (tertiary/aromatic N) is 1. The Bertz CT molecular complexity index is 356. The average molecular weight is 267 g/mol. The Morgan fingerprint density at radius 3 is 2.78 bits per heavy atom. The van der Waals surface area contributed by atoms with Gasteiger partial charge in [0.25, 0.3) is 0 Å². The molecule has 0 aliphatic heterocycles. The molecule has 1 aliphatic carbocycles. The largest absolute Gasteiger partial charge is 0.330 e. The van der Waals surface area contributed by atoms with Gasteiger partial charge in [0.05, 0.1) is 5.01 Å². The minimum Gasteiger partial charge on any atom is -0.330 e. The number of aromatic nitrogens is 1. The highest BCUT2D eigenvalue weighted by Crippen LogP contribution is 2.37. The molecule has 0 bridgehead atoms. The summed E-state index contributed by atoms with van der Waals surface area (Å²) >= 11 is 1.78. The van der Waals surface area contributed by atoms with Gasteiger partial charge in [0.15, 0.2) is 0 Å². The molecule has 102 valence electrons. The van der Waals surface area contributed by atoms with Crippen LogP contribution in [-0.4, -0.2) is 18.1 Å². The summed E-state index contributed by atoms with van der Waals surface area (Å²) < 4.78 is 0. The lowest BCUT2D eigenvalue weighted by molar-refractivity contribution is 0.181. The summed E-state index contributed by atoms with van der Waals surface area (Å²) in [6, 6.07) is 0. The topological polar surface area (TPSA) is 50.9 Å². The van der Waals surface area contributed by atoms with Crippen LogP contribution in [0.5, 0.6) is 0 Å². The molecule has 4 heteroatoms. The molecule has 1 aromatic rings. The Morgan fingerprint density at radius 2 is 2.17 bits per heavy atom. The molecule has 0 saturated heterocycles. The Kier molecular flexibility index (Phi) is 5.15. The van der Waals surface area contributed by atoms with E-state index >= 15 is 0 Å². The summed E-state index contributed by atoms with van der Waals surface area (Å²) in [5, 5.41) is 4.69. The van der Waals surface area contributed by atoms with Crippen molar-refractivity contribution in [2.75, 3.05) is 13.1 Å². The fraction of sp³-hybridized carbons (Fsp3) is 0.786. The Hall–Kier alpha value is -0.450. The lowest BCUT2D eigenvalue weighted by atomic mass is 9.72. The number of nitrogens with one attached hydrogen (secondary N) is 1. The van der Waals surface area contributed by atoms with Gasteiger partial charge < -0.3 is 11.1 Å². The van der Waals surface area contributed by atoms with Crippen molar-refractivity contribution >= 4 is 11.3 Å². The van der Waals surface area contributed by atoms with E-state index in [1.807, 2.05) is 6.20 Å². The van der Waals surface area contributed by atoms with E-state index in [4.69, 9.17) is 5.73 Å². The van der Waals surface area contributed by atoms with Crippen molar-refractivity contribution in [1.29, 1.82) is 0 Å². The van der Waals surface area contributed by atoms with Crippen LogP contribution < -0.4 is 11.1 Å². The van der Waals surface area contributed by atoms with E-state index in [-0.39, 0.29) is 0 Å². The van der Waals surface area contributed by atoms with E-state index in [2.05, 4.69) is 17.2 Å². The molecule has 0 spiro atoms. The Balaban J connectivity index is 1.70. The lowest BCUT2D eigenvalue weighted by Gasteiger charge is -2.36. The molecule has 1 aliphatic rings. The summed E-state index contributed by atoms with van der Waals surface area (Å²) in [4.78, 5) is 5.60. The highest BCUT2D eigenvalue weighted by atomic mass is 32.1. The number of rotatable bonds is 6. The van der Waals surface area contributed by atoms with Gasteiger partial charge in [-0.2, -0.15) is 0 Å². The van der Waals surface area contributed by atoms with Gasteiger partial charge in [-0.25, -0.2) is 4.98 Å². The van der Waals surface area contributed by atoms with Gasteiger partial charge in [-0.3, -0.25) is 0 Å². The van der Waals surface area contributed by atoms with Crippen molar-refractivity contribution in [3.8, 4) is 0 Å². The maximum atomic E-state index is 6.00. The van der Waals surface area contributed by atoms with E-state index in [0.717, 1.165) is 24.6 Å². The Labute approximate surface area is 114 Å². The standard InChI is InChI=1S/C14H25N3S/c1-12-17-10-13(18-12)9-16-8-7-14(11-15)5-3-2-4-6-14/h10,16H,2-9,11,15H2,1H3. The molecule has 1 aromatic heterocycles. The molecular formula is C14H25N3S.